The molecular formula is C29H28Cl2N4O4. The van der Waals surface area contributed by atoms with Gasteiger partial charge in [0.1, 0.15) is 0 Å². The van der Waals surface area contributed by atoms with Gasteiger partial charge in [0, 0.05) is 18.3 Å². The maximum atomic E-state index is 13.3. The molecular weight excluding hydrogens is 539 g/mol. The van der Waals surface area contributed by atoms with Crippen LogP contribution in [0.25, 0.3) is 11.3 Å². The molecule has 1 heterocycles. The van der Waals surface area contributed by atoms with Crippen LogP contribution < -0.4 is 15.5 Å². The molecule has 0 atom stereocenters. The van der Waals surface area contributed by atoms with Crippen LogP contribution in [0.5, 0.6) is 0 Å². The van der Waals surface area contributed by atoms with E-state index in [4.69, 9.17) is 27.9 Å². The number of carbonyl (C=O) groups excluding carboxylic acids is 3. The summed E-state index contributed by atoms with van der Waals surface area (Å²) in [4.78, 5) is 41.3. The highest BCUT2D eigenvalue weighted by atomic mass is 35.5. The number of likely N-dealkylation sites (N-methyl/N-ethyl adjacent to an activating group) is 2. The number of nitrogens with zero attached hydrogens (tertiary/aromatic N) is 2. The molecule has 3 aromatic carbocycles. The van der Waals surface area contributed by atoms with Gasteiger partial charge in [-0.1, -0.05) is 59.6 Å². The molecule has 8 nitrogen and oxygen atoms in total. The van der Waals surface area contributed by atoms with Crippen molar-refractivity contribution in [1.29, 1.82) is 0 Å². The number of esters is 1. The molecule has 0 fully saturated rings. The predicted octanol–water partition coefficient (Wildman–Crippen LogP) is 5.63. The maximum absolute atomic E-state index is 13.3. The smallest absolute Gasteiger partial charge is 0.338 e. The molecule has 1 aliphatic rings. The van der Waals surface area contributed by atoms with Crippen molar-refractivity contribution in [3.05, 3.63) is 87.4 Å². The molecule has 0 unspecified atom stereocenters. The Morgan fingerprint density at radius 1 is 0.949 bits per heavy atom. The van der Waals surface area contributed by atoms with E-state index in [-0.39, 0.29) is 35.0 Å². The monoisotopic (exact) mass is 566 g/mol. The van der Waals surface area contributed by atoms with Crippen molar-refractivity contribution in [2.75, 3.05) is 49.8 Å². The van der Waals surface area contributed by atoms with Gasteiger partial charge in [0.2, 0.25) is 5.91 Å². The number of carbonyl (C=O) groups is 3. The maximum Gasteiger partial charge on any atom is 0.338 e. The number of fused-ring (bicyclic) bond motifs is 1. The zero-order chi connectivity index (χ0) is 28.3. The molecule has 0 bridgehead atoms. The van der Waals surface area contributed by atoms with Crippen molar-refractivity contribution in [3.8, 4) is 0 Å². The first-order valence-electron chi connectivity index (χ1n) is 12.2. The Labute approximate surface area is 237 Å². The summed E-state index contributed by atoms with van der Waals surface area (Å²) in [6, 6.07) is 17.6. The first-order valence-corrected chi connectivity index (χ1v) is 13.0. The van der Waals surface area contributed by atoms with Gasteiger partial charge in [0.25, 0.3) is 5.91 Å². The zero-order valence-electron chi connectivity index (χ0n) is 22.0. The Balaban J connectivity index is 1.78. The fourth-order valence-electron chi connectivity index (χ4n) is 4.25. The topological polar surface area (TPSA) is 91.0 Å². The minimum Gasteiger partial charge on any atom is -0.462 e. The molecule has 10 heteroatoms. The SMILES string of the molecule is CCOC(=O)c1ccc2c(c1)NC(=O)C2=C(Nc1cc(Cl)c(N(C)C(=O)CN(C)C)c(Cl)c1)c1ccccc1. The minimum atomic E-state index is -0.466. The molecule has 0 saturated carbocycles. The summed E-state index contributed by atoms with van der Waals surface area (Å²) >= 11 is 13.2. The fourth-order valence-corrected chi connectivity index (χ4v) is 4.99. The standard InChI is InChI=1S/C29H28Cl2N4O4/c1-5-39-29(38)18-11-12-20-23(13-18)33-28(37)25(20)26(17-9-7-6-8-10-17)32-19-14-21(30)27(22(31)15-19)35(4)24(36)16-34(2)3/h6-15,32H,5,16H2,1-4H3,(H,33,37). The Hall–Kier alpha value is -3.85. The second-order valence-corrected chi connectivity index (χ2v) is 9.97. The Morgan fingerprint density at radius 3 is 2.23 bits per heavy atom. The number of rotatable bonds is 8. The molecule has 1 aliphatic heterocycles. The van der Waals surface area contributed by atoms with Gasteiger partial charge < -0.3 is 25.2 Å². The van der Waals surface area contributed by atoms with Gasteiger partial charge in [-0.05, 0) is 50.8 Å². The molecule has 39 heavy (non-hydrogen) atoms. The number of benzene rings is 3. The molecule has 4 rings (SSSR count). The van der Waals surface area contributed by atoms with E-state index < -0.39 is 5.97 Å². The average molecular weight is 567 g/mol. The van der Waals surface area contributed by atoms with E-state index in [2.05, 4.69) is 10.6 Å². The van der Waals surface area contributed by atoms with Crippen LogP contribution in [0.3, 0.4) is 0 Å². The highest BCUT2D eigenvalue weighted by Crippen LogP contribution is 2.41. The van der Waals surface area contributed by atoms with Crippen molar-refractivity contribution in [2.24, 2.45) is 0 Å². The van der Waals surface area contributed by atoms with Crippen LogP contribution >= 0.6 is 23.2 Å². The Morgan fingerprint density at radius 2 is 1.62 bits per heavy atom. The second kappa shape index (κ2) is 11.9. The lowest BCUT2D eigenvalue weighted by Crippen LogP contribution is -2.35. The van der Waals surface area contributed by atoms with Crippen LogP contribution in [0, 0.1) is 0 Å². The predicted molar refractivity (Wildman–Crippen MR) is 156 cm³/mol. The number of hydrogen-bond acceptors (Lipinski definition) is 6. The number of hydrogen-bond donors (Lipinski definition) is 2. The third-order valence-corrected chi connectivity index (χ3v) is 6.61. The van der Waals surface area contributed by atoms with Crippen LogP contribution in [0.2, 0.25) is 10.0 Å². The van der Waals surface area contributed by atoms with Crippen LogP contribution in [0.4, 0.5) is 17.1 Å². The van der Waals surface area contributed by atoms with Crippen molar-refractivity contribution in [3.63, 3.8) is 0 Å². The Kier molecular flexibility index (Phi) is 8.60. The highest BCUT2D eigenvalue weighted by molar-refractivity contribution is 6.41. The number of anilines is 3. The summed E-state index contributed by atoms with van der Waals surface area (Å²) in [5.74, 6) is -0.968. The minimum absolute atomic E-state index is 0.168. The van der Waals surface area contributed by atoms with E-state index in [0.29, 0.717) is 39.5 Å². The van der Waals surface area contributed by atoms with Crippen LogP contribution in [-0.4, -0.2) is 57.0 Å². The third kappa shape index (κ3) is 6.09. The lowest BCUT2D eigenvalue weighted by Gasteiger charge is -2.23. The molecule has 3 aromatic rings. The summed E-state index contributed by atoms with van der Waals surface area (Å²) in [6.07, 6.45) is 0. The lowest BCUT2D eigenvalue weighted by molar-refractivity contribution is -0.119. The second-order valence-electron chi connectivity index (χ2n) is 9.16. The van der Waals surface area contributed by atoms with Crippen molar-refractivity contribution >= 4 is 69.3 Å². The van der Waals surface area contributed by atoms with E-state index in [1.165, 1.54) is 4.90 Å². The zero-order valence-corrected chi connectivity index (χ0v) is 23.5. The summed E-state index contributed by atoms with van der Waals surface area (Å²) < 4.78 is 5.09. The molecule has 2 amide bonds. The van der Waals surface area contributed by atoms with Gasteiger partial charge in [-0.25, -0.2) is 4.79 Å². The number of amides is 2. The van der Waals surface area contributed by atoms with Crippen molar-refractivity contribution in [2.45, 2.75) is 6.92 Å². The van der Waals surface area contributed by atoms with E-state index in [1.54, 1.807) is 63.3 Å². The normalized spacial score (nSPS) is 13.6. The quantitative estimate of drug-likeness (QED) is 0.271. The van der Waals surface area contributed by atoms with Gasteiger partial charge >= 0.3 is 5.97 Å². The fraction of sp³-hybridized carbons (Fsp3) is 0.207. The number of nitrogens with one attached hydrogen (secondary N) is 2. The highest BCUT2D eigenvalue weighted by Gasteiger charge is 2.30. The molecule has 0 aliphatic carbocycles. The largest absolute Gasteiger partial charge is 0.462 e. The Bertz CT molecular complexity index is 1450. The molecule has 0 radical (unpaired) electrons. The molecule has 2 N–H and O–H groups in total. The number of ether oxygens (including phenoxy) is 1. The van der Waals surface area contributed by atoms with Gasteiger partial charge in [-0.3, -0.25) is 9.59 Å². The van der Waals surface area contributed by atoms with E-state index >= 15 is 0 Å². The summed E-state index contributed by atoms with van der Waals surface area (Å²) in [7, 11) is 5.22. The van der Waals surface area contributed by atoms with Crippen LogP contribution in [-0.2, 0) is 14.3 Å². The van der Waals surface area contributed by atoms with Crippen molar-refractivity contribution < 1.29 is 19.1 Å². The molecule has 0 aromatic heterocycles. The van der Waals surface area contributed by atoms with E-state index in [9.17, 15) is 14.4 Å². The third-order valence-electron chi connectivity index (χ3n) is 6.03. The average Bonchev–Trinajstić information content (AvgIpc) is 3.21. The van der Waals surface area contributed by atoms with Crippen molar-refractivity contribution in [1.82, 2.24) is 4.90 Å². The van der Waals surface area contributed by atoms with Gasteiger partial charge in [-0.2, -0.15) is 0 Å². The lowest BCUT2D eigenvalue weighted by atomic mass is 9.99. The summed E-state index contributed by atoms with van der Waals surface area (Å²) in [6.45, 7) is 2.18. The van der Waals surface area contributed by atoms with Gasteiger partial charge in [0.05, 0.1) is 51.4 Å². The number of halogens is 2. The van der Waals surface area contributed by atoms with E-state index in [0.717, 1.165) is 5.56 Å². The first-order chi connectivity index (χ1) is 18.6. The summed E-state index contributed by atoms with van der Waals surface area (Å²) in [5, 5.41) is 6.71. The first kappa shape index (κ1) is 28.2. The van der Waals surface area contributed by atoms with Gasteiger partial charge in [0.15, 0.2) is 0 Å². The van der Waals surface area contributed by atoms with E-state index in [1.807, 2.05) is 30.3 Å². The molecule has 0 saturated heterocycles. The van der Waals surface area contributed by atoms with Crippen LogP contribution in [0.1, 0.15) is 28.4 Å². The molecule has 0 spiro atoms. The van der Waals surface area contributed by atoms with Gasteiger partial charge in [-0.15, -0.1) is 0 Å². The van der Waals surface area contributed by atoms with Crippen LogP contribution in [0.15, 0.2) is 60.7 Å². The summed E-state index contributed by atoms with van der Waals surface area (Å²) in [5.41, 5.74) is 4.05. The molecule has 202 valence electrons.